The summed E-state index contributed by atoms with van der Waals surface area (Å²) in [5.41, 5.74) is -1.66. The largest absolute Gasteiger partial charge is 0.560 e. The molecule has 0 amide bonds. The highest BCUT2D eigenvalue weighted by Gasteiger charge is 2.49. The first-order chi connectivity index (χ1) is 6.37. The molecule has 7 heteroatoms. The fraction of sp³-hybridized carbons (Fsp3) is 0.286. The SMILES string of the molecule is CC(=O)C1=[N+]([O-])[N+]([O-])=C(C(C)=O)C1=O. The van der Waals surface area contributed by atoms with Crippen LogP contribution < -0.4 is 0 Å². The van der Waals surface area contributed by atoms with Gasteiger partial charge in [-0.2, -0.15) is 0 Å². The summed E-state index contributed by atoms with van der Waals surface area (Å²) in [6, 6.07) is 0. The molecule has 0 bridgehead atoms. The van der Waals surface area contributed by atoms with E-state index in [0.29, 0.717) is 0 Å². The summed E-state index contributed by atoms with van der Waals surface area (Å²) in [5, 5.41) is 21.9. The van der Waals surface area contributed by atoms with Crippen LogP contribution in [-0.4, -0.2) is 38.5 Å². The van der Waals surface area contributed by atoms with Crippen LogP contribution in [0, 0.1) is 10.4 Å². The van der Waals surface area contributed by atoms with Crippen LogP contribution in [0.3, 0.4) is 0 Å². The lowest BCUT2D eigenvalue weighted by atomic mass is 10.1. The van der Waals surface area contributed by atoms with Gasteiger partial charge in [0.15, 0.2) is 0 Å². The Balaban J connectivity index is 3.33. The van der Waals surface area contributed by atoms with E-state index in [1.807, 2.05) is 0 Å². The minimum absolute atomic E-state index is 0.415. The van der Waals surface area contributed by atoms with Gasteiger partial charge in [-0.3, -0.25) is 14.4 Å². The number of carbonyl (C=O) groups excluding carboxylic acids is 3. The van der Waals surface area contributed by atoms with Crippen LogP contribution in [0.2, 0.25) is 0 Å². The van der Waals surface area contributed by atoms with Crippen LogP contribution >= 0.6 is 0 Å². The molecule has 74 valence electrons. The highest BCUT2D eigenvalue weighted by Crippen LogP contribution is 2.00. The van der Waals surface area contributed by atoms with Crippen molar-refractivity contribution in [1.82, 2.24) is 0 Å². The number of hydrogen-bond acceptors (Lipinski definition) is 5. The van der Waals surface area contributed by atoms with Crippen LogP contribution in [0.4, 0.5) is 0 Å². The molecule has 1 aliphatic heterocycles. The number of hydrazine groups is 1. The summed E-state index contributed by atoms with van der Waals surface area (Å²) in [5.74, 6) is -2.81. The Labute approximate surface area is 78.1 Å². The van der Waals surface area contributed by atoms with Crippen molar-refractivity contribution in [2.24, 2.45) is 0 Å². The maximum Gasteiger partial charge on any atom is 0.384 e. The minimum atomic E-state index is -1.12. The number of hydrogen-bond donors (Lipinski definition) is 0. The first kappa shape index (κ1) is 10.0. The summed E-state index contributed by atoms with van der Waals surface area (Å²) < 4.78 is 0. The molecule has 0 radical (unpaired) electrons. The molecule has 0 N–H and O–H groups in total. The van der Waals surface area contributed by atoms with E-state index in [0.717, 1.165) is 13.8 Å². The van der Waals surface area contributed by atoms with Crippen LogP contribution in [-0.2, 0) is 14.4 Å². The van der Waals surface area contributed by atoms with E-state index in [-0.39, 0.29) is 0 Å². The Morgan fingerprint density at radius 3 is 1.43 bits per heavy atom. The summed E-state index contributed by atoms with van der Waals surface area (Å²) in [6.07, 6.45) is 0. The zero-order chi connectivity index (χ0) is 11.0. The molecule has 0 aliphatic carbocycles. The Morgan fingerprint density at radius 1 is 1.00 bits per heavy atom. The molecule has 0 saturated heterocycles. The van der Waals surface area contributed by atoms with Gasteiger partial charge in [-0.05, 0) is 0 Å². The van der Waals surface area contributed by atoms with E-state index in [2.05, 4.69) is 0 Å². The predicted octanol–water partition coefficient (Wildman–Crippen LogP) is -1.44. The average molecular weight is 198 g/mol. The fourth-order valence-electron chi connectivity index (χ4n) is 1.06. The van der Waals surface area contributed by atoms with Crippen molar-refractivity contribution in [2.75, 3.05) is 0 Å². The highest BCUT2D eigenvalue weighted by molar-refractivity contribution is 6.87. The molecule has 0 saturated carbocycles. The van der Waals surface area contributed by atoms with Crippen molar-refractivity contribution < 1.29 is 24.1 Å². The molecule has 0 aromatic carbocycles. The molecule has 1 aliphatic rings. The molecule has 0 fully saturated rings. The van der Waals surface area contributed by atoms with Crippen LogP contribution in [0.5, 0.6) is 0 Å². The van der Waals surface area contributed by atoms with Gasteiger partial charge >= 0.3 is 17.2 Å². The van der Waals surface area contributed by atoms with Gasteiger partial charge in [-0.15, -0.1) is 0 Å². The van der Waals surface area contributed by atoms with Gasteiger partial charge < -0.3 is 10.4 Å². The van der Waals surface area contributed by atoms with E-state index in [4.69, 9.17) is 0 Å². The number of rotatable bonds is 2. The molecule has 7 nitrogen and oxygen atoms in total. The van der Waals surface area contributed by atoms with Crippen LogP contribution in [0.25, 0.3) is 0 Å². The Morgan fingerprint density at radius 2 is 1.29 bits per heavy atom. The number of ketones is 3. The molecule has 0 spiro atoms. The number of Topliss-reactive ketones (excluding diaryl/α,β-unsaturated/α-hetero) is 3. The lowest BCUT2D eigenvalue weighted by molar-refractivity contribution is -1.05. The second kappa shape index (κ2) is 3.02. The zero-order valence-corrected chi connectivity index (χ0v) is 7.44. The average Bonchev–Trinajstić information content (AvgIpc) is 2.23. The smallest absolute Gasteiger partial charge is 0.384 e. The number of nitrogens with zero attached hydrogens (tertiary/aromatic N) is 2. The fourth-order valence-corrected chi connectivity index (χ4v) is 1.06. The quantitative estimate of drug-likeness (QED) is 0.399. The third-order valence-electron chi connectivity index (χ3n) is 1.64. The van der Waals surface area contributed by atoms with Gasteiger partial charge in [0.1, 0.15) is 0 Å². The molecule has 0 aromatic heterocycles. The van der Waals surface area contributed by atoms with E-state index in [1.165, 1.54) is 0 Å². The van der Waals surface area contributed by atoms with E-state index < -0.39 is 38.5 Å². The van der Waals surface area contributed by atoms with Crippen molar-refractivity contribution in [3.05, 3.63) is 10.4 Å². The normalized spacial score (nSPS) is 16.6. The van der Waals surface area contributed by atoms with Crippen molar-refractivity contribution >= 4 is 28.8 Å². The molecule has 1 heterocycles. The standard InChI is InChI=1S/C7H6N2O5/c1-3(10)5-7(12)6(4(2)11)9(14)8(5)13/h1-2H3. The molecule has 1 rings (SSSR count). The molecule has 0 aromatic rings. The van der Waals surface area contributed by atoms with E-state index in [9.17, 15) is 24.8 Å². The second-order valence-electron chi connectivity index (χ2n) is 2.68. The number of hydrazone groups is 2. The van der Waals surface area contributed by atoms with Gasteiger partial charge in [-0.25, -0.2) is 0 Å². The lowest BCUT2D eigenvalue weighted by Gasteiger charge is -1.94. The molecule has 14 heavy (non-hydrogen) atoms. The molecular formula is C7H6N2O5. The van der Waals surface area contributed by atoms with Gasteiger partial charge in [0.2, 0.25) is 11.6 Å². The minimum Gasteiger partial charge on any atom is -0.560 e. The van der Waals surface area contributed by atoms with E-state index >= 15 is 0 Å². The monoisotopic (exact) mass is 198 g/mol. The topological polar surface area (TPSA) is 103 Å². The van der Waals surface area contributed by atoms with Crippen molar-refractivity contribution in [2.45, 2.75) is 13.8 Å². The zero-order valence-electron chi connectivity index (χ0n) is 7.44. The summed E-state index contributed by atoms with van der Waals surface area (Å²) in [6.45, 7) is 1.93. The second-order valence-corrected chi connectivity index (χ2v) is 2.68. The maximum atomic E-state index is 11.2. The highest BCUT2D eigenvalue weighted by atomic mass is 16.7. The maximum absolute atomic E-state index is 11.2. The Hall–Kier alpha value is -2.05. The Bertz CT molecular complexity index is 380. The summed E-state index contributed by atoms with van der Waals surface area (Å²) in [7, 11) is 0. The van der Waals surface area contributed by atoms with Gasteiger partial charge in [0.05, 0.1) is 9.70 Å². The van der Waals surface area contributed by atoms with Gasteiger partial charge in [0, 0.05) is 13.8 Å². The summed E-state index contributed by atoms with van der Waals surface area (Å²) >= 11 is 0. The third-order valence-corrected chi connectivity index (χ3v) is 1.64. The van der Waals surface area contributed by atoms with Crippen molar-refractivity contribution in [3.63, 3.8) is 0 Å². The Kier molecular flexibility index (Phi) is 2.16. The third kappa shape index (κ3) is 1.18. The summed E-state index contributed by atoms with van der Waals surface area (Å²) in [4.78, 5) is 32.0. The first-order valence-electron chi connectivity index (χ1n) is 3.62. The van der Waals surface area contributed by atoms with Crippen LogP contribution in [0.15, 0.2) is 0 Å². The first-order valence-corrected chi connectivity index (χ1v) is 3.62. The van der Waals surface area contributed by atoms with E-state index in [1.54, 1.807) is 0 Å². The van der Waals surface area contributed by atoms with Crippen LogP contribution in [0.1, 0.15) is 13.8 Å². The predicted molar refractivity (Wildman–Crippen MR) is 43.6 cm³/mol. The van der Waals surface area contributed by atoms with Gasteiger partial charge in [0.25, 0.3) is 0 Å². The van der Waals surface area contributed by atoms with Crippen molar-refractivity contribution in [1.29, 1.82) is 0 Å². The van der Waals surface area contributed by atoms with Crippen molar-refractivity contribution in [3.8, 4) is 0 Å². The lowest BCUT2D eigenvalue weighted by Crippen LogP contribution is -2.31. The van der Waals surface area contributed by atoms with Gasteiger partial charge in [-0.1, -0.05) is 0 Å². The molecule has 0 unspecified atom stereocenters. The molecule has 0 atom stereocenters. The number of carbonyl (C=O) groups is 3. The molecular weight excluding hydrogens is 192 g/mol.